The first-order chi connectivity index (χ1) is 25.0. The highest BCUT2D eigenvalue weighted by molar-refractivity contribution is 5.53. The lowest BCUT2D eigenvalue weighted by atomic mass is 9.52. The summed E-state index contributed by atoms with van der Waals surface area (Å²) in [5, 5.41) is 53.8. The highest BCUT2D eigenvalue weighted by atomic mass is 16.5. The Kier molecular flexibility index (Phi) is 7.20. The van der Waals surface area contributed by atoms with E-state index < -0.39 is 33.2 Å². The number of hydrogen-bond acceptors (Lipinski definition) is 7. The predicted molar refractivity (Wildman–Crippen MR) is 208 cm³/mol. The van der Waals surface area contributed by atoms with Gasteiger partial charge in [-0.2, -0.15) is 0 Å². The zero-order valence-corrected chi connectivity index (χ0v) is 33.0. The van der Waals surface area contributed by atoms with Crippen molar-refractivity contribution in [2.24, 2.45) is 45.3 Å². The lowest BCUT2D eigenvalue weighted by Crippen LogP contribution is -2.49. The number of aryl methyl sites for hydroxylation is 2. The molecule has 0 heterocycles. The second kappa shape index (κ2) is 10.8. The molecule has 8 aliphatic carbocycles. The van der Waals surface area contributed by atoms with Gasteiger partial charge in [-0.25, -0.2) is 0 Å². The van der Waals surface area contributed by atoms with Crippen LogP contribution in [0.25, 0.3) is 0 Å². The van der Waals surface area contributed by atoms with Crippen molar-refractivity contribution in [3.63, 3.8) is 0 Å². The monoisotopic (exact) mass is 724 g/mol. The number of nitrogens with one attached hydrogen (secondary N) is 2. The maximum Gasteiger partial charge on any atom is 0.107 e. The molecule has 0 bridgehead atoms. The van der Waals surface area contributed by atoms with Gasteiger partial charge in [-0.15, -0.1) is 0 Å². The molecule has 7 heteroatoms. The number of aliphatic hydroxyl groups is 4. The first kappa shape index (κ1) is 35.3. The van der Waals surface area contributed by atoms with Crippen LogP contribution in [0, 0.1) is 45.3 Å². The number of rotatable bonds is 8. The molecule has 10 rings (SSSR count). The summed E-state index contributed by atoms with van der Waals surface area (Å²) in [6.07, 6.45) is 10.1. The molecule has 6 fully saturated rings. The number of fused-ring (bicyclic) bond motifs is 14. The molecule has 10 unspecified atom stereocenters. The van der Waals surface area contributed by atoms with Gasteiger partial charge >= 0.3 is 0 Å². The van der Waals surface area contributed by atoms with Crippen LogP contribution in [0.2, 0.25) is 0 Å². The Hall–Kier alpha value is -2.16. The summed E-state index contributed by atoms with van der Waals surface area (Å²) in [5.41, 5.74) is 3.24. The van der Waals surface area contributed by atoms with Gasteiger partial charge in [0.1, 0.15) is 22.4 Å². The molecule has 6 saturated carbocycles. The Labute approximate surface area is 316 Å². The molecule has 8 aliphatic rings. The molecule has 0 radical (unpaired) electrons. The van der Waals surface area contributed by atoms with Crippen LogP contribution in [-0.2, 0) is 17.6 Å². The number of benzene rings is 2. The average Bonchev–Trinajstić information content (AvgIpc) is 3.51. The van der Waals surface area contributed by atoms with Gasteiger partial charge in [0.05, 0.1) is 13.2 Å². The van der Waals surface area contributed by atoms with Crippen molar-refractivity contribution in [1.29, 1.82) is 0 Å². The van der Waals surface area contributed by atoms with Crippen molar-refractivity contribution >= 4 is 11.4 Å². The lowest BCUT2D eigenvalue weighted by molar-refractivity contribution is -0.0851. The van der Waals surface area contributed by atoms with E-state index in [1.807, 2.05) is 0 Å². The Balaban J connectivity index is 0.688. The Morgan fingerprint density at radius 2 is 1.02 bits per heavy atom. The topological polar surface area (TPSA) is 114 Å². The number of ether oxygens (including phenoxy) is 1. The molecule has 6 N–H and O–H groups in total. The van der Waals surface area contributed by atoms with E-state index in [0.717, 1.165) is 88.7 Å². The van der Waals surface area contributed by atoms with Gasteiger partial charge in [-0.1, -0.05) is 53.7 Å². The second-order valence-electron chi connectivity index (χ2n) is 20.8. The van der Waals surface area contributed by atoms with E-state index in [-0.39, 0.29) is 10.8 Å². The largest absolute Gasteiger partial charge is 0.386 e. The summed E-state index contributed by atoms with van der Waals surface area (Å²) in [5.74, 6) is 2.90. The van der Waals surface area contributed by atoms with E-state index >= 15 is 0 Å². The summed E-state index contributed by atoms with van der Waals surface area (Å²) >= 11 is 0. The molecule has 288 valence electrons. The van der Waals surface area contributed by atoms with Crippen molar-refractivity contribution in [3.05, 3.63) is 58.7 Å². The standard InChI is InChI=1S/C46H64N2O5/c1-39(2)43(49)25-37-35-11-7-27-23-29(9-13-31(27)33(35)15-17-41(37,5)45(39,43)51)47-19-21-53-22-20-48-30-10-14-32-28(24-30)8-12-36-34(32)16-18-42(6)38(36)26-44(50)40(3,4)46(42,44)52/h9-10,13-14,23-24,33-38,47-52H,7-8,11-12,15-22,25-26H2,1-6H3/t33?,34?,35?,36?,37?,38?,41-,42-,43?,44?,45?,46?/m0/s1. The van der Waals surface area contributed by atoms with E-state index in [4.69, 9.17) is 4.74 Å². The van der Waals surface area contributed by atoms with Gasteiger partial charge in [0.25, 0.3) is 0 Å². The van der Waals surface area contributed by atoms with Gasteiger partial charge in [0.15, 0.2) is 0 Å². The molecule has 7 nitrogen and oxygen atoms in total. The molecule has 12 atom stereocenters. The third-order valence-corrected chi connectivity index (χ3v) is 19.0. The quantitative estimate of drug-likeness (QED) is 0.160. The third kappa shape index (κ3) is 3.95. The van der Waals surface area contributed by atoms with Crippen LogP contribution < -0.4 is 10.6 Å². The Morgan fingerprint density at radius 3 is 1.43 bits per heavy atom. The van der Waals surface area contributed by atoms with Crippen LogP contribution in [0.3, 0.4) is 0 Å². The minimum Gasteiger partial charge on any atom is -0.386 e. The first-order valence-electron chi connectivity index (χ1n) is 21.2. The number of anilines is 2. The third-order valence-electron chi connectivity index (χ3n) is 19.0. The molecule has 2 aromatic rings. The molecular weight excluding hydrogens is 661 g/mol. The van der Waals surface area contributed by atoms with Crippen LogP contribution in [-0.4, -0.2) is 69.1 Å². The van der Waals surface area contributed by atoms with Crippen molar-refractivity contribution in [1.82, 2.24) is 0 Å². The van der Waals surface area contributed by atoms with Crippen molar-refractivity contribution < 1.29 is 25.2 Å². The Morgan fingerprint density at radius 1 is 0.604 bits per heavy atom. The highest BCUT2D eigenvalue weighted by Crippen LogP contribution is 2.85. The summed E-state index contributed by atoms with van der Waals surface area (Å²) in [4.78, 5) is 0. The van der Waals surface area contributed by atoms with Crippen LogP contribution in [0.4, 0.5) is 11.4 Å². The van der Waals surface area contributed by atoms with Crippen molar-refractivity contribution in [3.8, 4) is 0 Å². The Bertz CT molecular complexity index is 1730. The van der Waals surface area contributed by atoms with Gasteiger partial charge in [0.2, 0.25) is 0 Å². The van der Waals surface area contributed by atoms with E-state index in [1.54, 1.807) is 0 Å². The van der Waals surface area contributed by atoms with Crippen molar-refractivity contribution in [2.45, 2.75) is 140 Å². The van der Waals surface area contributed by atoms with Gasteiger partial charge in [-0.05, 0) is 146 Å². The van der Waals surface area contributed by atoms with Gasteiger partial charge in [-0.3, -0.25) is 0 Å². The summed E-state index contributed by atoms with van der Waals surface area (Å²) in [6.45, 7) is 15.6. The zero-order valence-electron chi connectivity index (χ0n) is 33.0. The fraction of sp³-hybridized carbons (Fsp3) is 0.739. The van der Waals surface area contributed by atoms with E-state index in [0.29, 0.717) is 48.7 Å². The average molecular weight is 725 g/mol. The maximum absolute atomic E-state index is 11.8. The van der Waals surface area contributed by atoms with E-state index in [1.165, 1.54) is 22.3 Å². The van der Waals surface area contributed by atoms with E-state index in [9.17, 15) is 20.4 Å². The molecule has 0 saturated heterocycles. The van der Waals surface area contributed by atoms with Crippen LogP contribution in [0.15, 0.2) is 36.4 Å². The zero-order chi connectivity index (χ0) is 37.2. The molecule has 0 aromatic heterocycles. The fourth-order valence-electron chi connectivity index (χ4n) is 16.0. The number of hydrogen-bond donors (Lipinski definition) is 6. The smallest absolute Gasteiger partial charge is 0.107 e. The van der Waals surface area contributed by atoms with Gasteiger partial charge in [0, 0.05) is 46.1 Å². The normalized spacial score (nSPS) is 47.1. The van der Waals surface area contributed by atoms with Crippen LogP contribution in [0.5, 0.6) is 0 Å². The summed E-state index contributed by atoms with van der Waals surface area (Å²) in [7, 11) is 0. The minimum atomic E-state index is -0.953. The molecule has 0 aliphatic heterocycles. The maximum atomic E-state index is 11.8. The molecule has 0 spiro atoms. The van der Waals surface area contributed by atoms with Crippen LogP contribution >= 0.6 is 0 Å². The second-order valence-corrected chi connectivity index (χ2v) is 20.8. The van der Waals surface area contributed by atoms with Gasteiger partial charge < -0.3 is 35.8 Å². The molecule has 0 amide bonds. The highest BCUT2D eigenvalue weighted by Gasteiger charge is 2.94. The van der Waals surface area contributed by atoms with E-state index in [2.05, 4.69) is 88.6 Å². The summed E-state index contributed by atoms with van der Waals surface area (Å²) in [6, 6.07) is 13.9. The summed E-state index contributed by atoms with van der Waals surface area (Å²) < 4.78 is 6.02. The molecule has 53 heavy (non-hydrogen) atoms. The first-order valence-corrected chi connectivity index (χ1v) is 21.2. The predicted octanol–water partition coefficient (Wildman–Crippen LogP) is 7.16. The van der Waals surface area contributed by atoms with Crippen molar-refractivity contribution in [2.75, 3.05) is 36.9 Å². The molecular formula is C46H64N2O5. The SMILES string of the molecule is CC1(C)C2(O)CC3C4CCc5cc(NCCOCCNc6ccc7c(c6)CCC6C7CC[C@@]7(C)C6CC6(O)C(C)(C)C67O)ccc5C4CC[C@]3(C)C12O. The fourth-order valence-corrected chi connectivity index (χ4v) is 16.0. The molecule has 2 aromatic carbocycles. The minimum absolute atomic E-state index is 0.199. The van der Waals surface area contributed by atoms with Crippen LogP contribution in [0.1, 0.15) is 127 Å². The lowest BCUT2D eigenvalue weighted by Gasteiger charge is -2.52.